The molecule has 0 aromatic heterocycles. The van der Waals surface area contributed by atoms with Gasteiger partial charge >= 0.3 is 6.18 Å². The first-order valence-electron chi connectivity index (χ1n) is 7.89. The van der Waals surface area contributed by atoms with Gasteiger partial charge in [0.2, 0.25) is 0 Å². The molecule has 3 nitrogen and oxygen atoms in total. The number of hydrogen-bond acceptors (Lipinski definition) is 2. The molecule has 0 spiro atoms. The fourth-order valence-corrected chi connectivity index (χ4v) is 2.28. The first-order chi connectivity index (χ1) is 12.3. The summed E-state index contributed by atoms with van der Waals surface area (Å²) in [6, 6.07) is 10.4. The zero-order valence-electron chi connectivity index (χ0n) is 14.4. The van der Waals surface area contributed by atoms with Crippen LogP contribution in [0.5, 0.6) is 5.75 Å². The van der Waals surface area contributed by atoms with Gasteiger partial charge in [-0.1, -0.05) is 36.1 Å². The standard InChI is InChI=1S/C20H18F3NO2/c1-14-6-3-7-15(2)19(14)26-13-18(25)24-11-5-9-16-8-4-10-17(12-16)20(21,22)23/h3-4,6-8,10,12H,11,13H2,1-2H3,(H,24,25). The lowest BCUT2D eigenvalue weighted by molar-refractivity contribution is -0.137. The van der Waals surface area contributed by atoms with Crippen LogP contribution in [0.15, 0.2) is 42.5 Å². The van der Waals surface area contributed by atoms with Gasteiger partial charge in [0, 0.05) is 5.56 Å². The minimum Gasteiger partial charge on any atom is -0.483 e. The van der Waals surface area contributed by atoms with E-state index in [4.69, 9.17) is 4.74 Å². The van der Waals surface area contributed by atoms with E-state index in [9.17, 15) is 18.0 Å². The SMILES string of the molecule is Cc1cccc(C)c1OCC(=O)NCC#Cc1cccc(C(F)(F)F)c1. The largest absolute Gasteiger partial charge is 0.483 e. The van der Waals surface area contributed by atoms with Crippen LogP contribution in [0.4, 0.5) is 13.2 Å². The number of carbonyl (C=O) groups is 1. The maximum atomic E-state index is 12.6. The maximum absolute atomic E-state index is 12.6. The molecule has 0 saturated heterocycles. The summed E-state index contributed by atoms with van der Waals surface area (Å²) in [5, 5.41) is 2.55. The van der Waals surface area contributed by atoms with Gasteiger partial charge in [-0.2, -0.15) is 13.2 Å². The van der Waals surface area contributed by atoms with Crippen molar-refractivity contribution in [2.24, 2.45) is 0 Å². The summed E-state index contributed by atoms with van der Waals surface area (Å²) < 4.78 is 43.4. The minimum atomic E-state index is -4.41. The van der Waals surface area contributed by atoms with Crippen LogP contribution in [0.25, 0.3) is 0 Å². The molecule has 6 heteroatoms. The van der Waals surface area contributed by atoms with Crippen LogP contribution in [0, 0.1) is 25.7 Å². The van der Waals surface area contributed by atoms with Crippen molar-refractivity contribution in [2.45, 2.75) is 20.0 Å². The summed E-state index contributed by atoms with van der Waals surface area (Å²) in [6.45, 7) is 3.64. The fourth-order valence-electron chi connectivity index (χ4n) is 2.28. The summed E-state index contributed by atoms with van der Waals surface area (Å²) in [7, 11) is 0. The van der Waals surface area contributed by atoms with E-state index in [0.29, 0.717) is 5.75 Å². The van der Waals surface area contributed by atoms with Gasteiger partial charge in [-0.3, -0.25) is 4.79 Å². The third kappa shape index (κ3) is 5.55. The first kappa shape index (κ1) is 19.4. The van der Waals surface area contributed by atoms with Gasteiger partial charge in [-0.25, -0.2) is 0 Å². The number of hydrogen-bond donors (Lipinski definition) is 1. The number of aryl methyl sites for hydroxylation is 2. The Labute approximate surface area is 150 Å². The topological polar surface area (TPSA) is 38.3 Å². The normalized spacial score (nSPS) is 10.7. The number of halogens is 3. The van der Waals surface area contributed by atoms with E-state index in [1.54, 1.807) is 0 Å². The summed E-state index contributed by atoms with van der Waals surface area (Å²) >= 11 is 0. The zero-order chi connectivity index (χ0) is 19.2. The number of nitrogens with one attached hydrogen (secondary N) is 1. The van der Waals surface area contributed by atoms with Crippen molar-refractivity contribution in [3.63, 3.8) is 0 Å². The second-order valence-electron chi connectivity index (χ2n) is 5.67. The van der Waals surface area contributed by atoms with Crippen molar-refractivity contribution in [1.29, 1.82) is 0 Å². The molecule has 0 bridgehead atoms. The molecule has 0 aliphatic rings. The van der Waals surface area contributed by atoms with E-state index in [2.05, 4.69) is 17.2 Å². The molecule has 1 N–H and O–H groups in total. The smallest absolute Gasteiger partial charge is 0.416 e. The predicted octanol–water partition coefficient (Wildman–Crippen LogP) is 3.87. The average molecular weight is 361 g/mol. The van der Waals surface area contributed by atoms with Crippen LogP contribution >= 0.6 is 0 Å². The molecular formula is C20H18F3NO2. The molecule has 2 aromatic rings. The van der Waals surface area contributed by atoms with Crippen molar-refractivity contribution in [3.8, 4) is 17.6 Å². The second-order valence-corrected chi connectivity index (χ2v) is 5.67. The Bertz CT molecular complexity index is 828. The molecule has 26 heavy (non-hydrogen) atoms. The molecule has 2 rings (SSSR count). The third-order valence-electron chi connectivity index (χ3n) is 3.55. The Morgan fingerprint density at radius 2 is 1.77 bits per heavy atom. The molecule has 0 radical (unpaired) electrons. The number of ether oxygens (including phenoxy) is 1. The quantitative estimate of drug-likeness (QED) is 0.840. The molecular weight excluding hydrogens is 343 g/mol. The Balaban J connectivity index is 1.85. The predicted molar refractivity (Wildman–Crippen MR) is 92.7 cm³/mol. The van der Waals surface area contributed by atoms with Gasteiger partial charge in [0.05, 0.1) is 12.1 Å². The minimum absolute atomic E-state index is 0.0190. The van der Waals surface area contributed by atoms with Gasteiger partial charge in [0.25, 0.3) is 5.91 Å². The summed E-state index contributed by atoms with van der Waals surface area (Å²) in [5.74, 6) is 5.54. The summed E-state index contributed by atoms with van der Waals surface area (Å²) in [6.07, 6.45) is -4.41. The molecule has 0 aliphatic heterocycles. The highest BCUT2D eigenvalue weighted by atomic mass is 19.4. The van der Waals surface area contributed by atoms with Crippen LogP contribution in [-0.4, -0.2) is 19.1 Å². The highest BCUT2D eigenvalue weighted by Gasteiger charge is 2.30. The van der Waals surface area contributed by atoms with Crippen molar-refractivity contribution in [1.82, 2.24) is 5.32 Å². The zero-order valence-corrected chi connectivity index (χ0v) is 14.4. The Hall–Kier alpha value is -2.94. The molecule has 0 aliphatic carbocycles. The van der Waals surface area contributed by atoms with Crippen LogP contribution < -0.4 is 10.1 Å². The van der Waals surface area contributed by atoms with Crippen molar-refractivity contribution in [3.05, 3.63) is 64.7 Å². The average Bonchev–Trinajstić information content (AvgIpc) is 2.58. The lowest BCUT2D eigenvalue weighted by Crippen LogP contribution is -2.29. The van der Waals surface area contributed by atoms with E-state index in [1.807, 2.05) is 32.0 Å². The van der Waals surface area contributed by atoms with Crippen molar-refractivity contribution in [2.75, 3.05) is 13.2 Å². The number of carbonyl (C=O) groups excluding carboxylic acids is 1. The van der Waals surface area contributed by atoms with Crippen molar-refractivity contribution >= 4 is 5.91 Å². The van der Waals surface area contributed by atoms with E-state index >= 15 is 0 Å². The van der Waals surface area contributed by atoms with E-state index in [1.165, 1.54) is 12.1 Å². The molecule has 2 aromatic carbocycles. The number of benzene rings is 2. The van der Waals surface area contributed by atoms with Gasteiger partial charge in [0.15, 0.2) is 6.61 Å². The number of amides is 1. The first-order valence-corrected chi connectivity index (χ1v) is 7.89. The van der Waals surface area contributed by atoms with Crippen LogP contribution in [-0.2, 0) is 11.0 Å². The Kier molecular flexibility index (Phi) is 6.29. The lowest BCUT2D eigenvalue weighted by atomic mass is 10.1. The lowest BCUT2D eigenvalue weighted by Gasteiger charge is -2.11. The summed E-state index contributed by atoms with van der Waals surface area (Å²) in [5.41, 5.74) is 1.35. The maximum Gasteiger partial charge on any atom is 0.416 e. The third-order valence-corrected chi connectivity index (χ3v) is 3.55. The fraction of sp³-hybridized carbons (Fsp3) is 0.250. The molecule has 136 valence electrons. The van der Waals surface area contributed by atoms with E-state index in [-0.39, 0.29) is 24.6 Å². The molecule has 0 heterocycles. The van der Waals surface area contributed by atoms with Gasteiger partial charge in [0.1, 0.15) is 5.75 Å². The van der Waals surface area contributed by atoms with E-state index in [0.717, 1.165) is 23.3 Å². The van der Waals surface area contributed by atoms with Gasteiger partial charge < -0.3 is 10.1 Å². The van der Waals surface area contributed by atoms with Gasteiger partial charge in [-0.05, 0) is 43.2 Å². The van der Waals surface area contributed by atoms with Crippen LogP contribution in [0.2, 0.25) is 0 Å². The number of para-hydroxylation sites is 1. The monoisotopic (exact) mass is 361 g/mol. The van der Waals surface area contributed by atoms with Crippen LogP contribution in [0.3, 0.4) is 0 Å². The van der Waals surface area contributed by atoms with Crippen LogP contribution in [0.1, 0.15) is 22.3 Å². The highest BCUT2D eigenvalue weighted by molar-refractivity contribution is 5.77. The molecule has 0 atom stereocenters. The number of rotatable bonds is 4. The van der Waals surface area contributed by atoms with Gasteiger partial charge in [-0.15, -0.1) is 0 Å². The summed E-state index contributed by atoms with van der Waals surface area (Å²) in [4.78, 5) is 11.8. The van der Waals surface area contributed by atoms with E-state index < -0.39 is 11.7 Å². The Morgan fingerprint density at radius 3 is 2.42 bits per heavy atom. The van der Waals surface area contributed by atoms with Crippen molar-refractivity contribution < 1.29 is 22.7 Å². The molecule has 0 fully saturated rings. The second kappa shape index (κ2) is 8.43. The molecule has 1 amide bonds. The molecule has 0 saturated carbocycles. The highest BCUT2D eigenvalue weighted by Crippen LogP contribution is 2.29. The molecule has 0 unspecified atom stereocenters. The Morgan fingerprint density at radius 1 is 1.12 bits per heavy atom. The number of alkyl halides is 3.